The number of fused-ring (bicyclic) bond motifs is 2. The molecule has 6 nitrogen and oxygen atoms in total. The van der Waals surface area contributed by atoms with Crippen molar-refractivity contribution in [3.8, 4) is 11.1 Å². The van der Waals surface area contributed by atoms with Gasteiger partial charge in [-0.15, -0.1) is 0 Å². The monoisotopic (exact) mass is 418 g/mol. The van der Waals surface area contributed by atoms with Crippen LogP contribution in [0.4, 0.5) is 14.6 Å². The maximum Gasteiger partial charge on any atom is 0.266 e. The number of pyridine rings is 1. The molecule has 1 aliphatic rings. The molecule has 0 aliphatic carbocycles. The van der Waals surface area contributed by atoms with Crippen LogP contribution in [0, 0.1) is 11.6 Å². The van der Waals surface area contributed by atoms with E-state index in [2.05, 4.69) is 10.3 Å². The van der Waals surface area contributed by atoms with E-state index < -0.39 is 17.5 Å². The predicted molar refractivity (Wildman–Crippen MR) is 111 cm³/mol. The van der Waals surface area contributed by atoms with Crippen molar-refractivity contribution >= 4 is 28.5 Å². The van der Waals surface area contributed by atoms with Crippen LogP contribution in [0.15, 0.2) is 54.7 Å². The van der Waals surface area contributed by atoms with Crippen LogP contribution in [0.2, 0.25) is 0 Å². The van der Waals surface area contributed by atoms with E-state index in [0.29, 0.717) is 39.0 Å². The molecular weight excluding hydrogens is 402 g/mol. The Kier molecular flexibility index (Phi) is 4.28. The van der Waals surface area contributed by atoms with E-state index >= 15 is 0 Å². The fraction of sp³-hybridized carbons (Fsp3) is 0.0870. The first-order valence-corrected chi connectivity index (χ1v) is 9.56. The first-order valence-electron chi connectivity index (χ1n) is 9.56. The molecule has 0 unspecified atom stereocenters. The van der Waals surface area contributed by atoms with Crippen LogP contribution >= 0.6 is 0 Å². The summed E-state index contributed by atoms with van der Waals surface area (Å²) in [4.78, 5) is 28.5. The Morgan fingerprint density at radius 1 is 1.13 bits per heavy atom. The van der Waals surface area contributed by atoms with E-state index in [4.69, 9.17) is 5.73 Å². The highest BCUT2D eigenvalue weighted by atomic mass is 19.1. The molecule has 0 saturated heterocycles. The summed E-state index contributed by atoms with van der Waals surface area (Å²) in [5.41, 5.74) is 8.76. The number of anilines is 1. The summed E-state index contributed by atoms with van der Waals surface area (Å²) in [5, 5.41) is 3.14. The minimum absolute atomic E-state index is 0.156. The van der Waals surface area contributed by atoms with Crippen LogP contribution in [0.5, 0.6) is 0 Å². The molecule has 3 heterocycles. The average molecular weight is 418 g/mol. The number of nitrogens with one attached hydrogen (secondary N) is 1. The second kappa shape index (κ2) is 7.02. The molecule has 0 fully saturated rings. The molecule has 3 N–H and O–H groups in total. The third-order valence-electron chi connectivity index (χ3n) is 5.35. The van der Waals surface area contributed by atoms with Gasteiger partial charge in [-0.2, -0.15) is 0 Å². The van der Waals surface area contributed by atoms with Crippen LogP contribution in [0.25, 0.3) is 22.0 Å². The van der Waals surface area contributed by atoms with Gasteiger partial charge in [0.25, 0.3) is 5.91 Å². The number of hydrogen-bond acceptors (Lipinski definition) is 3. The molecule has 0 saturated carbocycles. The van der Waals surface area contributed by atoms with Gasteiger partial charge >= 0.3 is 0 Å². The summed E-state index contributed by atoms with van der Waals surface area (Å²) >= 11 is 0. The lowest BCUT2D eigenvalue weighted by molar-refractivity contribution is -0.115. The molecule has 31 heavy (non-hydrogen) atoms. The Balaban J connectivity index is 1.77. The Morgan fingerprint density at radius 3 is 2.71 bits per heavy atom. The van der Waals surface area contributed by atoms with Crippen molar-refractivity contribution in [2.75, 3.05) is 5.32 Å². The minimum atomic E-state index is -0.710. The second-order valence-corrected chi connectivity index (χ2v) is 7.42. The lowest BCUT2D eigenvalue weighted by Gasteiger charge is -2.11. The Labute approximate surface area is 175 Å². The van der Waals surface area contributed by atoms with Crippen LogP contribution in [0.1, 0.15) is 21.6 Å². The number of hydrogen-bond donors (Lipinski definition) is 2. The van der Waals surface area contributed by atoms with E-state index in [0.717, 1.165) is 0 Å². The van der Waals surface area contributed by atoms with Crippen LogP contribution in [0.3, 0.4) is 0 Å². The molecule has 4 aromatic rings. The molecular formula is C23H16F2N4O2. The maximum absolute atomic E-state index is 14.2. The van der Waals surface area contributed by atoms with Crippen LogP contribution < -0.4 is 11.1 Å². The lowest BCUT2D eigenvalue weighted by atomic mass is 10.0. The van der Waals surface area contributed by atoms with Crippen LogP contribution in [-0.4, -0.2) is 21.4 Å². The number of amides is 2. The highest BCUT2D eigenvalue weighted by Crippen LogP contribution is 2.37. The van der Waals surface area contributed by atoms with Crippen molar-refractivity contribution in [3.05, 3.63) is 83.2 Å². The normalized spacial score (nSPS) is 12.8. The van der Waals surface area contributed by atoms with Crippen molar-refractivity contribution in [1.82, 2.24) is 9.55 Å². The summed E-state index contributed by atoms with van der Waals surface area (Å²) < 4.78 is 29.6. The minimum Gasteiger partial charge on any atom is -0.364 e. The van der Waals surface area contributed by atoms with Gasteiger partial charge in [0.2, 0.25) is 5.91 Å². The quantitative estimate of drug-likeness (QED) is 0.530. The molecule has 0 atom stereocenters. The van der Waals surface area contributed by atoms with Gasteiger partial charge in [0.15, 0.2) is 0 Å². The molecule has 8 heteroatoms. The van der Waals surface area contributed by atoms with Gasteiger partial charge in [-0.1, -0.05) is 12.1 Å². The molecule has 2 aromatic carbocycles. The number of halogens is 2. The standard InChI is InChI=1S/C23H16F2N4O2/c24-15-3-1-2-12(6-15)11-29-18-5-4-16(25)9-17(18)20(21(29)22(26)31)14-7-13-8-19(30)28-23(13)27-10-14/h1-7,9-10H,8,11H2,(H2,26,31)(H,27,28,30). The van der Waals surface area contributed by atoms with E-state index in [1.54, 1.807) is 28.8 Å². The summed E-state index contributed by atoms with van der Waals surface area (Å²) in [5.74, 6) is -1.30. The molecule has 2 amide bonds. The van der Waals surface area contributed by atoms with Crippen molar-refractivity contribution in [2.24, 2.45) is 5.73 Å². The van der Waals surface area contributed by atoms with Gasteiger partial charge in [0.05, 0.1) is 6.42 Å². The summed E-state index contributed by atoms with van der Waals surface area (Å²) in [6, 6.07) is 11.9. The van der Waals surface area contributed by atoms with E-state index in [1.165, 1.54) is 30.5 Å². The number of carbonyl (C=O) groups is 2. The maximum atomic E-state index is 14.2. The molecule has 1 aliphatic heterocycles. The zero-order chi connectivity index (χ0) is 21.7. The first kappa shape index (κ1) is 18.9. The predicted octanol–water partition coefficient (Wildman–Crippen LogP) is 3.62. The average Bonchev–Trinajstić information content (AvgIpc) is 3.24. The number of rotatable bonds is 4. The molecule has 5 rings (SSSR count). The lowest BCUT2D eigenvalue weighted by Crippen LogP contribution is -2.18. The van der Waals surface area contributed by atoms with Crippen molar-refractivity contribution in [3.63, 3.8) is 0 Å². The number of primary amides is 1. The topological polar surface area (TPSA) is 90.0 Å². The number of benzene rings is 2. The summed E-state index contributed by atoms with van der Waals surface area (Å²) in [7, 11) is 0. The van der Waals surface area contributed by atoms with Crippen molar-refractivity contribution < 1.29 is 18.4 Å². The van der Waals surface area contributed by atoms with Gasteiger partial charge in [-0.3, -0.25) is 9.59 Å². The highest BCUT2D eigenvalue weighted by Gasteiger charge is 2.26. The van der Waals surface area contributed by atoms with Gasteiger partial charge in [-0.05, 0) is 42.0 Å². The Morgan fingerprint density at radius 2 is 1.94 bits per heavy atom. The first-order chi connectivity index (χ1) is 14.9. The van der Waals surface area contributed by atoms with Gasteiger partial charge < -0.3 is 15.6 Å². The Bertz CT molecular complexity index is 1390. The smallest absolute Gasteiger partial charge is 0.266 e. The largest absolute Gasteiger partial charge is 0.364 e. The van der Waals surface area contributed by atoms with Crippen LogP contribution in [-0.2, 0) is 17.8 Å². The number of carbonyl (C=O) groups excluding carboxylic acids is 2. The van der Waals surface area contributed by atoms with E-state index in [-0.39, 0.29) is 24.6 Å². The number of nitrogens with zero attached hydrogens (tertiary/aromatic N) is 2. The van der Waals surface area contributed by atoms with Crippen molar-refractivity contribution in [1.29, 1.82) is 0 Å². The fourth-order valence-corrected chi connectivity index (χ4v) is 4.10. The number of aromatic nitrogens is 2. The molecule has 0 bridgehead atoms. The Hall–Kier alpha value is -4.07. The SMILES string of the molecule is NC(=O)c1c(-c2cnc3c(c2)CC(=O)N3)c2cc(F)ccc2n1Cc1cccc(F)c1. The molecule has 0 radical (unpaired) electrons. The molecule has 2 aromatic heterocycles. The second-order valence-electron chi connectivity index (χ2n) is 7.42. The highest BCUT2D eigenvalue weighted by molar-refractivity contribution is 6.10. The summed E-state index contributed by atoms with van der Waals surface area (Å²) in [6.45, 7) is 0.163. The molecule has 154 valence electrons. The van der Waals surface area contributed by atoms with Crippen molar-refractivity contribution in [2.45, 2.75) is 13.0 Å². The third kappa shape index (κ3) is 3.22. The summed E-state index contributed by atoms with van der Waals surface area (Å²) in [6.07, 6.45) is 1.68. The van der Waals surface area contributed by atoms with Gasteiger partial charge in [0.1, 0.15) is 23.1 Å². The van der Waals surface area contributed by atoms with E-state index in [1.807, 2.05) is 0 Å². The third-order valence-corrected chi connectivity index (χ3v) is 5.35. The zero-order valence-electron chi connectivity index (χ0n) is 16.2. The van der Waals surface area contributed by atoms with E-state index in [9.17, 15) is 18.4 Å². The zero-order valence-corrected chi connectivity index (χ0v) is 16.2. The number of nitrogens with two attached hydrogens (primary N) is 1. The van der Waals surface area contributed by atoms with Gasteiger partial charge in [0, 0.05) is 40.3 Å². The van der Waals surface area contributed by atoms with Gasteiger partial charge in [-0.25, -0.2) is 13.8 Å². The fourth-order valence-electron chi connectivity index (χ4n) is 4.10. The molecule has 0 spiro atoms.